The molecule has 21 heavy (non-hydrogen) atoms. The standard InChI is InChI=1S/C14H22FN3O2S/c1-21(19,20)18-8-2-3-11(10-18)9-14(17-16)12-4-6-13(15)7-5-12/h4-7,11,14,17H,2-3,8-10,16H2,1H3. The van der Waals surface area contributed by atoms with Crippen LogP contribution in [0.25, 0.3) is 0 Å². The van der Waals surface area contributed by atoms with Crippen LogP contribution in [0.3, 0.4) is 0 Å². The topological polar surface area (TPSA) is 75.4 Å². The second-order valence-electron chi connectivity index (χ2n) is 5.64. The van der Waals surface area contributed by atoms with Crippen LogP contribution in [0.2, 0.25) is 0 Å². The van der Waals surface area contributed by atoms with Gasteiger partial charge in [0.25, 0.3) is 0 Å². The number of nitrogens with zero attached hydrogens (tertiary/aromatic N) is 1. The van der Waals surface area contributed by atoms with E-state index in [-0.39, 0.29) is 17.8 Å². The minimum Gasteiger partial charge on any atom is -0.271 e. The van der Waals surface area contributed by atoms with Crippen molar-refractivity contribution in [2.24, 2.45) is 11.8 Å². The van der Waals surface area contributed by atoms with Gasteiger partial charge in [0.15, 0.2) is 0 Å². The van der Waals surface area contributed by atoms with Crippen LogP contribution in [-0.4, -0.2) is 32.1 Å². The maximum Gasteiger partial charge on any atom is 0.211 e. The van der Waals surface area contributed by atoms with E-state index in [1.165, 1.54) is 22.7 Å². The van der Waals surface area contributed by atoms with Crippen molar-refractivity contribution in [2.75, 3.05) is 19.3 Å². The smallest absolute Gasteiger partial charge is 0.211 e. The molecule has 1 heterocycles. The Hall–Kier alpha value is -1.02. The normalized spacial score (nSPS) is 22.1. The van der Waals surface area contributed by atoms with Gasteiger partial charge in [-0.1, -0.05) is 12.1 Å². The molecule has 3 N–H and O–H groups in total. The molecule has 2 atom stereocenters. The molecule has 0 aromatic heterocycles. The van der Waals surface area contributed by atoms with Crippen LogP contribution in [0.4, 0.5) is 4.39 Å². The maximum absolute atomic E-state index is 13.0. The number of hydrogen-bond acceptors (Lipinski definition) is 4. The minimum absolute atomic E-state index is 0.102. The van der Waals surface area contributed by atoms with E-state index in [9.17, 15) is 12.8 Å². The predicted molar refractivity (Wildman–Crippen MR) is 80.2 cm³/mol. The lowest BCUT2D eigenvalue weighted by Crippen LogP contribution is -2.41. The van der Waals surface area contributed by atoms with Gasteiger partial charge in [-0.25, -0.2) is 17.1 Å². The molecule has 1 aliphatic heterocycles. The molecule has 0 amide bonds. The number of nitrogens with two attached hydrogens (primary N) is 1. The molecule has 2 unspecified atom stereocenters. The monoisotopic (exact) mass is 315 g/mol. The van der Waals surface area contributed by atoms with Crippen LogP contribution in [0, 0.1) is 11.7 Å². The van der Waals surface area contributed by atoms with Crippen LogP contribution in [0.5, 0.6) is 0 Å². The molecule has 5 nitrogen and oxygen atoms in total. The Labute approximate surface area is 125 Å². The van der Waals surface area contributed by atoms with Gasteiger partial charge in [-0.15, -0.1) is 0 Å². The largest absolute Gasteiger partial charge is 0.271 e. The third-order valence-corrected chi connectivity index (χ3v) is 5.26. The lowest BCUT2D eigenvalue weighted by Gasteiger charge is -2.33. The van der Waals surface area contributed by atoms with E-state index in [1.807, 2.05) is 0 Å². The Morgan fingerprint density at radius 2 is 2.10 bits per heavy atom. The van der Waals surface area contributed by atoms with Crippen molar-refractivity contribution < 1.29 is 12.8 Å². The second kappa shape index (κ2) is 6.83. The molecule has 1 saturated heterocycles. The first kappa shape index (κ1) is 16.4. The zero-order chi connectivity index (χ0) is 15.5. The average Bonchev–Trinajstić information content (AvgIpc) is 2.45. The zero-order valence-electron chi connectivity index (χ0n) is 12.1. The number of rotatable bonds is 5. The van der Waals surface area contributed by atoms with Gasteiger partial charge in [0.2, 0.25) is 10.0 Å². The van der Waals surface area contributed by atoms with E-state index in [4.69, 9.17) is 5.84 Å². The molecule has 0 aliphatic carbocycles. The predicted octanol–water partition coefficient (Wildman–Crippen LogP) is 1.39. The summed E-state index contributed by atoms with van der Waals surface area (Å²) in [6.07, 6.45) is 3.81. The summed E-state index contributed by atoms with van der Waals surface area (Å²) in [6, 6.07) is 6.12. The van der Waals surface area contributed by atoms with Gasteiger partial charge < -0.3 is 0 Å². The van der Waals surface area contributed by atoms with Gasteiger partial charge in [0.05, 0.1) is 6.26 Å². The Morgan fingerprint density at radius 3 is 2.67 bits per heavy atom. The van der Waals surface area contributed by atoms with Crippen molar-refractivity contribution >= 4 is 10.0 Å². The van der Waals surface area contributed by atoms with Crippen LogP contribution < -0.4 is 11.3 Å². The summed E-state index contributed by atoms with van der Waals surface area (Å²) in [5.41, 5.74) is 3.66. The van der Waals surface area contributed by atoms with Gasteiger partial charge in [0.1, 0.15) is 5.82 Å². The highest BCUT2D eigenvalue weighted by molar-refractivity contribution is 7.88. The summed E-state index contributed by atoms with van der Waals surface area (Å²) in [5.74, 6) is 5.57. The van der Waals surface area contributed by atoms with E-state index >= 15 is 0 Å². The number of sulfonamides is 1. The van der Waals surface area contributed by atoms with E-state index in [0.717, 1.165) is 24.8 Å². The van der Waals surface area contributed by atoms with E-state index in [2.05, 4.69) is 5.43 Å². The van der Waals surface area contributed by atoms with Gasteiger partial charge >= 0.3 is 0 Å². The number of benzene rings is 1. The molecular weight excluding hydrogens is 293 g/mol. The molecule has 1 fully saturated rings. The molecule has 7 heteroatoms. The number of hydrogen-bond donors (Lipinski definition) is 2. The van der Waals surface area contributed by atoms with Crippen LogP contribution in [-0.2, 0) is 10.0 Å². The third-order valence-electron chi connectivity index (χ3n) is 3.99. The fourth-order valence-electron chi connectivity index (χ4n) is 2.85. The first-order chi connectivity index (χ1) is 9.90. The fourth-order valence-corrected chi connectivity index (χ4v) is 3.79. The quantitative estimate of drug-likeness (QED) is 0.636. The minimum atomic E-state index is -3.14. The molecule has 1 aliphatic rings. The molecule has 2 rings (SSSR count). The highest BCUT2D eigenvalue weighted by atomic mass is 32.2. The Balaban J connectivity index is 2.03. The highest BCUT2D eigenvalue weighted by Gasteiger charge is 2.27. The molecule has 0 radical (unpaired) electrons. The van der Waals surface area contributed by atoms with E-state index < -0.39 is 10.0 Å². The summed E-state index contributed by atoms with van der Waals surface area (Å²) < 4.78 is 37.8. The molecule has 1 aromatic carbocycles. The average molecular weight is 315 g/mol. The fraction of sp³-hybridized carbons (Fsp3) is 0.571. The Morgan fingerprint density at radius 1 is 1.43 bits per heavy atom. The van der Waals surface area contributed by atoms with Crippen molar-refractivity contribution in [1.82, 2.24) is 9.73 Å². The zero-order valence-corrected chi connectivity index (χ0v) is 12.9. The van der Waals surface area contributed by atoms with E-state index in [1.54, 1.807) is 12.1 Å². The van der Waals surface area contributed by atoms with E-state index in [0.29, 0.717) is 13.1 Å². The SMILES string of the molecule is CS(=O)(=O)N1CCCC(CC(NN)c2ccc(F)cc2)C1. The summed E-state index contributed by atoms with van der Waals surface area (Å²) >= 11 is 0. The summed E-state index contributed by atoms with van der Waals surface area (Å²) in [5, 5.41) is 0. The Kier molecular flexibility index (Phi) is 5.32. The molecule has 0 bridgehead atoms. The van der Waals surface area contributed by atoms with Crippen molar-refractivity contribution in [1.29, 1.82) is 0 Å². The van der Waals surface area contributed by atoms with Gasteiger partial charge in [-0.05, 0) is 42.9 Å². The van der Waals surface area contributed by atoms with Crippen LogP contribution in [0.15, 0.2) is 24.3 Å². The van der Waals surface area contributed by atoms with Crippen LogP contribution >= 0.6 is 0 Å². The second-order valence-corrected chi connectivity index (χ2v) is 7.62. The van der Waals surface area contributed by atoms with Crippen molar-refractivity contribution in [3.05, 3.63) is 35.6 Å². The Bertz CT molecular complexity index is 562. The third kappa shape index (κ3) is 4.47. The van der Waals surface area contributed by atoms with Gasteiger partial charge in [0, 0.05) is 19.1 Å². The lowest BCUT2D eigenvalue weighted by molar-refractivity contribution is 0.238. The molecular formula is C14H22FN3O2S. The maximum atomic E-state index is 13.0. The summed E-state index contributed by atoms with van der Waals surface area (Å²) in [4.78, 5) is 0. The number of halogens is 1. The van der Waals surface area contributed by atoms with Crippen LogP contribution in [0.1, 0.15) is 30.9 Å². The molecule has 1 aromatic rings. The van der Waals surface area contributed by atoms with Crippen molar-refractivity contribution in [3.8, 4) is 0 Å². The lowest BCUT2D eigenvalue weighted by atomic mass is 9.90. The van der Waals surface area contributed by atoms with Gasteiger partial charge in [-0.3, -0.25) is 11.3 Å². The van der Waals surface area contributed by atoms with Crippen molar-refractivity contribution in [2.45, 2.75) is 25.3 Å². The number of piperidine rings is 1. The highest BCUT2D eigenvalue weighted by Crippen LogP contribution is 2.28. The molecule has 0 saturated carbocycles. The first-order valence-electron chi connectivity index (χ1n) is 7.07. The number of hydrazine groups is 1. The first-order valence-corrected chi connectivity index (χ1v) is 8.91. The van der Waals surface area contributed by atoms with Crippen molar-refractivity contribution in [3.63, 3.8) is 0 Å². The van der Waals surface area contributed by atoms with Gasteiger partial charge in [-0.2, -0.15) is 0 Å². The molecule has 118 valence electrons. The summed E-state index contributed by atoms with van der Waals surface area (Å²) in [6.45, 7) is 1.12. The summed E-state index contributed by atoms with van der Waals surface area (Å²) in [7, 11) is -3.14. The number of nitrogens with one attached hydrogen (secondary N) is 1. The molecule has 0 spiro atoms.